The molecule has 2 aromatic rings. The van der Waals surface area contributed by atoms with Crippen molar-refractivity contribution < 1.29 is 19.4 Å². The second kappa shape index (κ2) is 6.21. The van der Waals surface area contributed by atoms with Gasteiger partial charge in [0, 0.05) is 11.8 Å². The van der Waals surface area contributed by atoms with Gasteiger partial charge in [0.25, 0.3) is 0 Å². The lowest BCUT2D eigenvalue weighted by molar-refractivity contribution is -0.136. The predicted octanol–water partition coefficient (Wildman–Crippen LogP) is 3.33. The van der Waals surface area contributed by atoms with Crippen LogP contribution in [-0.2, 0) is 4.79 Å². The van der Waals surface area contributed by atoms with Crippen molar-refractivity contribution in [3.8, 4) is 5.75 Å². The van der Waals surface area contributed by atoms with Crippen molar-refractivity contribution in [3.63, 3.8) is 0 Å². The first-order valence-corrected chi connectivity index (χ1v) is 9.09. The van der Waals surface area contributed by atoms with Crippen molar-refractivity contribution >= 4 is 35.1 Å². The molecule has 0 saturated heterocycles. The first-order chi connectivity index (χ1) is 12.5. The highest BCUT2D eigenvalue weighted by molar-refractivity contribution is 8.00. The van der Waals surface area contributed by atoms with Gasteiger partial charge in [0.05, 0.1) is 23.5 Å². The number of hydrogen-bond acceptors (Lipinski definition) is 5. The van der Waals surface area contributed by atoms with Crippen LogP contribution < -0.4 is 15.0 Å². The summed E-state index contributed by atoms with van der Waals surface area (Å²) in [7, 11) is 0. The van der Waals surface area contributed by atoms with Gasteiger partial charge < -0.3 is 15.2 Å². The summed E-state index contributed by atoms with van der Waals surface area (Å²) < 4.78 is 5.64. The second-order valence-electron chi connectivity index (χ2n) is 6.35. The Morgan fingerprint density at radius 1 is 1.31 bits per heavy atom. The molecule has 8 heteroatoms. The minimum Gasteiger partial charge on any atom is -0.491 e. The van der Waals surface area contributed by atoms with Crippen molar-refractivity contribution in [2.24, 2.45) is 0 Å². The molecule has 0 spiro atoms. The van der Waals surface area contributed by atoms with Crippen LogP contribution in [0, 0.1) is 0 Å². The fraction of sp³-hybridized carbons (Fsp3) is 0.278. The molecule has 0 fully saturated rings. The van der Waals surface area contributed by atoms with E-state index in [2.05, 4.69) is 10.3 Å². The Kier molecular flexibility index (Phi) is 3.99. The van der Waals surface area contributed by atoms with E-state index in [9.17, 15) is 14.7 Å². The van der Waals surface area contributed by atoms with Crippen molar-refractivity contribution in [3.05, 3.63) is 42.1 Å². The lowest BCUT2D eigenvalue weighted by Gasteiger charge is -2.33. The summed E-state index contributed by atoms with van der Waals surface area (Å²) in [6, 6.07) is 8.04. The number of nitrogens with zero attached hydrogens (tertiary/aromatic N) is 2. The van der Waals surface area contributed by atoms with Crippen molar-refractivity contribution in [2.45, 2.75) is 36.3 Å². The number of carboxylic acids is 1. The average Bonchev–Trinajstić information content (AvgIpc) is 2.96. The maximum Gasteiger partial charge on any atom is 0.327 e. The normalized spacial score (nSPS) is 20.7. The minimum absolute atomic E-state index is 0.0633. The molecule has 2 amide bonds. The van der Waals surface area contributed by atoms with Gasteiger partial charge in [0.1, 0.15) is 16.0 Å². The lowest BCUT2D eigenvalue weighted by Crippen LogP contribution is -2.47. The predicted molar refractivity (Wildman–Crippen MR) is 97.1 cm³/mol. The average molecular weight is 371 g/mol. The maximum atomic E-state index is 12.7. The fourth-order valence-corrected chi connectivity index (χ4v) is 4.38. The largest absolute Gasteiger partial charge is 0.491 e. The molecule has 1 aromatic heterocycles. The van der Waals surface area contributed by atoms with E-state index in [1.807, 2.05) is 26.0 Å². The topological polar surface area (TPSA) is 91.8 Å². The zero-order chi connectivity index (χ0) is 18.4. The highest BCUT2D eigenvalue weighted by atomic mass is 32.2. The molecule has 0 aliphatic carbocycles. The van der Waals surface area contributed by atoms with E-state index in [0.717, 1.165) is 11.3 Å². The van der Waals surface area contributed by atoms with Crippen LogP contribution in [0.3, 0.4) is 0 Å². The maximum absolute atomic E-state index is 12.7. The third-order valence-electron chi connectivity index (χ3n) is 4.22. The number of urea groups is 1. The van der Waals surface area contributed by atoms with Crippen molar-refractivity contribution in [2.75, 3.05) is 4.90 Å². The van der Waals surface area contributed by atoms with Gasteiger partial charge in [-0.25, -0.2) is 9.78 Å². The van der Waals surface area contributed by atoms with Crippen LogP contribution in [-0.4, -0.2) is 33.4 Å². The molecule has 2 N–H and O–H groups in total. The number of aliphatic carboxylic acids is 1. The number of amides is 2. The number of pyridine rings is 1. The number of benzene rings is 1. The second-order valence-corrected chi connectivity index (χ2v) is 7.48. The monoisotopic (exact) mass is 371 g/mol. The summed E-state index contributed by atoms with van der Waals surface area (Å²) in [5.41, 5.74) is 2.10. The van der Waals surface area contributed by atoms with Gasteiger partial charge in [-0.15, -0.1) is 0 Å². The molecule has 1 aromatic carbocycles. The molecule has 2 aliphatic heterocycles. The number of carboxylic acid groups (broad SMARTS) is 1. The smallest absolute Gasteiger partial charge is 0.327 e. The third kappa shape index (κ3) is 2.66. The number of carbonyl (C=O) groups is 2. The van der Waals surface area contributed by atoms with Gasteiger partial charge in [0.15, 0.2) is 0 Å². The van der Waals surface area contributed by atoms with E-state index in [1.54, 1.807) is 29.3 Å². The lowest BCUT2D eigenvalue weighted by atomic mass is 10.0. The Morgan fingerprint density at radius 3 is 2.69 bits per heavy atom. The first kappa shape index (κ1) is 16.7. The molecule has 2 unspecified atom stereocenters. The van der Waals surface area contributed by atoms with Crippen LogP contribution in [0.15, 0.2) is 41.6 Å². The molecule has 0 saturated carbocycles. The van der Waals surface area contributed by atoms with Gasteiger partial charge in [-0.1, -0.05) is 11.8 Å². The van der Waals surface area contributed by atoms with Crippen molar-refractivity contribution in [1.82, 2.24) is 10.3 Å². The number of aromatic nitrogens is 1. The van der Waals surface area contributed by atoms with Crippen LogP contribution in [0.5, 0.6) is 5.75 Å². The van der Waals surface area contributed by atoms with Gasteiger partial charge in [-0.3, -0.25) is 9.69 Å². The number of ether oxygens (including phenoxy) is 1. The zero-order valence-electron chi connectivity index (χ0n) is 14.2. The highest BCUT2D eigenvalue weighted by Crippen LogP contribution is 2.50. The van der Waals surface area contributed by atoms with Crippen molar-refractivity contribution in [1.29, 1.82) is 0 Å². The van der Waals surface area contributed by atoms with Crippen LogP contribution in [0.4, 0.5) is 16.2 Å². The number of hydrogen-bond donors (Lipinski definition) is 2. The van der Waals surface area contributed by atoms with Gasteiger partial charge in [0.2, 0.25) is 0 Å². The van der Waals surface area contributed by atoms with E-state index in [0.29, 0.717) is 16.4 Å². The Hall–Kier alpha value is -2.74. The van der Waals surface area contributed by atoms with Crippen LogP contribution in [0.25, 0.3) is 0 Å². The number of carbonyl (C=O) groups excluding carboxylic acids is 1. The molecule has 26 heavy (non-hydrogen) atoms. The number of rotatable bonds is 4. The molecule has 134 valence electrons. The molecule has 3 heterocycles. The fourth-order valence-electron chi connectivity index (χ4n) is 3.22. The third-order valence-corrected chi connectivity index (χ3v) is 5.49. The van der Waals surface area contributed by atoms with E-state index in [4.69, 9.17) is 4.74 Å². The quantitative estimate of drug-likeness (QED) is 0.857. The van der Waals surface area contributed by atoms with E-state index in [-0.39, 0.29) is 12.1 Å². The zero-order valence-corrected chi connectivity index (χ0v) is 15.0. The molecule has 4 rings (SSSR count). The Balaban J connectivity index is 1.74. The van der Waals surface area contributed by atoms with Crippen LogP contribution >= 0.6 is 11.8 Å². The number of anilines is 2. The highest BCUT2D eigenvalue weighted by Gasteiger charge is 2.46. The Labute approximate surface area is 154 Å². The van der Waals surface area contributed by atoms with Crippen LogP contribution in [0.2, 0.25) is 0 Å². The van der Waals surface area contributed by atoms with Gasteiger partial charge >= 0.3 is 12.0 Å². The summed E-state index contributed by atoms with van der Waals surface area (Å²) in [4.78, 5) is 30.1. The van der Waals surface area contributed by atoms with E-state index in [1.165, 1.54) is 11.8 Å². The summed E-state index contributed by atoms with van der Waals surface area (Å²) in [6.45, 7) is 3.89. The SMILES string of the molecule is CC(C)Oc1ccc(N2C(=O)NC3c4c2ccnc4SC3C(=O)O)cc1. The van der Waals surface area contributed by atoms with Gasteiger partial charge in [-0.2, -0.15) is 0 Å². The molecule has 2 atom stereocenters. The molecule has 2 aliphatic rings. The minimum atomic E-state index is -0.965. The summed E-state index contributed by atoms with van der Waals surface area (Å²) in [6.07, 6.45) is 1.66. The Morgan fingerprint density at radius 2 is 2.04 bits per heavy atom. The van der Waals surface area contributed by atoms with Crippen LogP contribution in [0.1, 0.15) is 25.5 Å². The first-order valence-electron chi connectivity index (χ1n) is 8.21. The summed E-state index contributed by atoms with van der Waals surface area (Å²) >= 11 is 1.17. The molecule has 0 bridgehead atoms. The molecule has 7 nitrogen and oxygen atoms in total. The number of thioether (sulfide) groups is 1. The Bertz CT molecular complexity index is 885. The summed E-state index contributed by atoms with van der Waals surface area (Å²) in [5, 5.41) is 12.1. The number of nitrogens with one attached hydrogen (secondary N) is 1. The molecular weight excluding hydrogens is 354 g/mol. The van der Waals surface area contributed by atoms with E-state index >= 15 is 0 Å². The van der Waals surface area contributed by atoms with E-state index < -0.39 is 17.3 Å². The molecular formula is C18H17N3O4S. The summed E-state index contributed by atoms with van der Waals surface area (Å²) in [5.74, 6) is -0.242. The molecule has 0 radical (unpaired) electrons. The standard InChI is InChI=1S/C18H17N3O4S/c1-9(2)25-11-5-3-10(4-6-11)21-12-7-8-19-16-13(12)14(20-18(21)24)15(26-16)17(22)23/h3-9,14-15H,1-2H3,(H,20,24)(H,22,23). The van der Waals surface area contributed by atoms with Gasteiger partial charge in [-0.05, 0) is 44.2 Å².